The molecule has 0 spiro atoms. The van der Waals surface area contributed by atoms with Crippen LogP contribution < -0.4 is 5.32 Å². The van der Waals surface area contributed by atoms with E-state index in [0.717, 1.165) is 26.2 Å². The van der Waals surface area contributed by atoms with Crippen molar-refractivity contribution in [3.8, 4) is 0 Å². The maximum absolute atomic E-state index is 5.56. The number of unbranched alkanes of at least 4 members (excludes halogenated alkanes) is 1. The normalized spacial score (nSPS) is 12.6. The van der Waals surface area contributed by atoms with Gasteiger partial charge in [0.25, 0.3) is 0 Å². The van der Waals surface area contributed by atoms with Crippen LogP contribution in [0.3, 0.4) is 0 Å². The summed E-state index contributed by atoms with van der Waals surface area (Å²) in [6.07, 6.45) is 5.86. The second kappa shape index (κ2) is 10.9. The number of rotatable bonds is 11. The highest BCUT2D eigenvalue weighted by atomic mass is 16.5. The molecule has 0 saturated heterocycles. The predicted molar refractivity (Wildman–Crippen MR) is 87.2 cm³/mol. The van der Waals surface area contributed by atoms with Crippen molar-refractivity contribution in [2.45, 2.75) is 58.9 Å². The lowest BCUT2D eigenvalue weighted by Crippen LogP contribution is -2.21. The average Bonchev–Trinajstić information content (AvgIpc) is 2.47. The Kier molecular flexibility index (Phi) is 9.35. The van der Waals surface area contributed by atoms with E-state index in [9.17, 15) is 0 Å². The lowest BCUT2D eigenvalue weighted by molar-refractivity contribution is 0.128. The van der Waals surface area contributed by atoms with Crippen LogP contribution in [-0.2, 0) is 11.2 Å². The van der Waals surface area contributed by atoms with E-state index in [1.807, 2.05) is 0 Å². The molecule has 0 amide bonds. The van der Waals surface area contributed by atoms with Crippen LogP contribution in [0.4, 0.5) is 0 Å². The smallest absolute Gasteiger partial charge is 0.0478 e. The van der Waals surface area contributed by atoms with Crippen LogP contribution >= 0.6 is 0 Å². The van der Waals surface area contributed by atoms with Crippen molar-refractivity contribution in [1.29, 1.82) is 0 Å². The number of ether oxygens (including phenoxy) is 1. The molecule has 0 bridgehead atoms. The van der Waals surface area contributed by atoms with Crippen molar-refractivity contribution in [2.75, 3.05) is 19.8 Å². The third-order valence-electron chi connectivity index (χ3n) is 3.58. The zero-order valence-electron chi connectivity index (χ0n) is 13.5. The van der Waals surface area contributed by atoms with Crippen molar-refractivity contribution in [2.24, 2.45) is 0 Å². The second-order valence-corrected chi connectivity index (χ2v) is 5.49. The third kappa shape index (κ3) is 7.06. The summed E-state index contributed by atoms with van der Waals surface area (Å²) in [6.45, 7) is 9.44. The molecule has 0 radical (unpaired) electrons. The molecule has 0 aliphatic carbocycles. The zero-order chi connectivity index (χ0) is 14.6. The Bertz CT molecular complexity index is 334. The molecule has 2 nitrogen and oxygen atoms in total. The van der Waals surface area contributed by atoms with E-state index in [1.54, 1.807) is 0 Å². The minimum atomic E-state index is 0.418. The molecule has 1 aromatic rings. The number of nitrogens with one attached hydrogen (secondary N) is 1. The van der Waals surface area contributed by atoms with Gasteiger partial charge in [-0.05, 0) is 43.9 Å². The Morgan fingerprint density at radius 3 is 2.35 bits per heavy atom. The zero-order valence-corrected chi connectivity index (χ0v) is 13.5. The fraction of sp³-hybridized carbons (Fsp3) is 0.667. The first-order valence-corrected chi connectivity index (χ1v) is 8.17. The maximum Gasteiger partial charge on any atom is 0.0478 e. The highest BCUT2D eigenvalue weighted by molar-refractivity contribution is 5.24. The summed E-state index contributed by atoms with van der Waals surface area (Å²) in [4.78, 5) is 0. The molecule has 114 valence electrons. The van der Waals surface area contributed by atoms with Gasteiger partial charge in [0.15, 0.2) is 0 Å². The van der Waals surface area contributed by atoms with Crippen molar-refractivity contribution < 1.29 is 4.74 Å². The van der Waals surface area contributed by atoms with Crippen LogP contribution in [0.1, 0.15) is 63.6 Å². The van der Waals surface area contributed by atoms with E-state index in [-0.39, 0.29) is 0 Å². The largest absolute Gasteiger partial charge is 0.381 e. The van der Waals surface area contributed by atoms with Gasteiger partial charge in [0.05, 0.1) is 0 Å². The quantitative estimate of drug-likeness (QED) is 0.601. The Labute approximate surface area is 124 Å². The summed E-state index contributed by atoms with van der Waals surface area (Å²) < 4.78 is 5.56. The molecule has 0 fully saturated rings. The van der Waals surface area contributed by atoms with E-state index in [4.69, 9.17) is 4.74 Å². The highest BCUT2D eigenvalue weighted by Gasteiger charge is 2.04. The Morgan fingerprint density at radius 1 is 1.00 bits per heavy atom. The minimum absolute atomic E-state index is 0.418. The molecule has 1 atom stereocenters. The van der Waals surface area contributed by atoms with Crippen LogP contribution in [-0.4, -0.2) is 19.8 Å². The summed E-state index contributed by atoms with van der Waals surface area (Å²) in [5.74, 6) is 0. The van der Waals surface area contributed by atoms with Crippen LogP contribution in [0.25, 0.3) is 0 Å². The van der Waals surface area contributed by atoms with Gasteiger partial charge in [-0.1, -0.05) is 51.0 Å². The van der Waals surface area contributed by atoms with Gasteiger partial charge in [-0.15, -0.1) is 0 Å². The summed E-state index contributed by atoms with van der Waals surface area (Å²) >= 11 is 0. The van der Waals surface area contributed by atoms with Gasteiger partial charge in [0.2, 0.25) is 0 Å². The Balaban J connectivity index is 2.17. The summed E-state index contributed by atoms with van der Waals surface area (Å²) in [5, 5.41) is 3.56. The monoisotopic (exact) mass is 277 g/mol. The lowest BCUT2D eigenvalue weighted by atomic mass is 10.0. The van der Waals surface area contributed by atoms with Crippen molar-refractivity contribution in [3.63, 3.8) is 0 Å². The molecule has 0 aromatic heterocycles. The lowest BCUT2D eigenvalue weighted by Gasteiger charge is -2.15. The molecule has 0 saturated carbocycles. The topological polar surface area (TPSA) is 21.3 Å². The minimum Gasteiger partial charge on any atom is -0.381 e. The van der Waals surface area contributed by atoms with Crippen molar-refractivity contribution in [3.05, 3.63) is 35.4 Å². The Morgan fingerprint density at radius 2 is 1.70 bits per heavy atom. The highest BCUT2D eigenvalue weighted by Crippen LogP contribution is 2.14. The van der Waals surface area contributed by atoms with Gasteiger partial charge >= 0.3 is 0 Å². The number of hydrogen-bond acceptors (Lipinski definition) is 2. The van der Waals surface area contributed by atoms with Crippen molar-refractivity contribution >= 4 is 0 Å². The van der Waals surface area contributed by atoms with E-state index < -0.39 is 0 Å². The number of benzene rings is 1. The summed E-state index contributed by atoms with van der Waals surface area (Å²) in [5.41, 5.74) is 2.81. The molecule has 20 heavy (non-hydrogen) atoms. The van der Waals surface area contributed by atoms with Gasteiger partial charge in [0, 0.05) is 19.3 Å². The Hall–Kier alpha value is -0.860. The van der Waals surface area contributed by atoms with E-state index in [2.05, 4.69) is 50.4 Å². The number of hydrogen-bond donors (Lipinski definition) is 1. The van der Waals surface area contributed by atoms with E-state index in [0.29, 0.717) is 6.04 Å². The van der Waals surface area contributed by atoms with Crippen LogP contribution in [0.5, 0.6) is 0 Å². The molecule has 2 heteroatoms. The standard InChI is InChI=1S/C18H31NO/c1-4-6-14-20-15-7-13-19-16(3)18-11-9-17(8-5-2)10-12-18/h9-12,16,19H,4-8,13-15H2,1-3H3. The van der Waals surface area contributed by atoms with Gasteiger partial charge in [0.1, 0.15) is 0 Å². The first-order chi connectivity index (χ1) is 9.77. The van der Waals surface area contributed by atoms with Gasteiger partial charge in [-0.25, -0.2) is 0 Å². The first kappa shape index (κ1) is 17.2. The molecule has 1 aromatic carbocycles. The third-order valence-corrected chi connectivity index (χ3v) is 3.58. The van der Waals surface area contributed by atoms with E-state index >= 15 is 0 Å². The molecule has 1 unspecified atom stereocenters. The van der Waals surface area contributed by atoms with Crippen molar-refractivity contribution in [1.82, 2.24) is 5.32 Å². The van der Waals surface area contributed by atoms with Gasteiger partial charge in [-0.3, -0.25) is 0 Å². The van der Waals surface area contributed by atoms with Crippen LogP contribution in [0.2, 0.25) is 0 Å². The molecule has 0 heterocycles. The van der Waals surface area contributed by atoms with Gasteiger partial charge < -0.3 is 10.1 Å². The average molecular weight is 277 g/mol. The number of aryl methyl sites for hydroxylation is 1. The molecule has 0 aliphatic rings. The fourth-order valence-corrected chi connectivity index (χ4v) is 2.22. The first-order valence-electron chi connectivity index (χ1n) is 8.17. The molecule has 0 aliphatic heterocycles. The van der Waals surface area contributed by atoms with E-state index in [1.165, 1.54) is 36.8 Å². The maximum atomic E-state index is 5.56. The molecular formula is C18H31NO. The SMILES string of the molecule is CCCCOCCCNC(C)c1ccc(CCC)cc1. The second-order valence-electron chi connectivity index (χ2n) is 5.49. The molecule has 1 N–H and O–H groups in total. The predicted octanol–water partition coefficient (Wildman–Crippen LogP) is 4.50. The summed E-state index contributed by atoms with van der Waals surface area (Å²) in [6, 6.07) is 9.43. The molecular weight excluding hydrogens is 246 g/mol. The van der Waals surface area contributed by atoms with Crippen LogP contribution in [0.15, 0.2) is 24.3 Å². The summed E-state index contributed by atoms with van der Waals surface area (Å²) in [7, 11) is 0. The van der Waals surface area contributed by atoms with Crippen LogP contribution in [0, 0.1) is 0 Å². The molecule has 1 rings (SSSR count). The fourth-order valence-electron chi connectivity index (χ4n) is 2.22. The van der Waals surface area contributed by atoms with Gasteiger partial charge in [-0.2, -0.15) is 0 Å².